The molecule has 0 spiro atoms. The minimum atomic E-state index is -0.747. The zero-order valence-corrected chi connectivity index (χ0v) is 17.4. The number of ether oxygens (including phenoxy) is 1. The van der Waals surface area contributed by atoms with Gasteiger partial charge in [-0.25, -0.2) is 15.0 Å². The van der Waals surface area contributed by atoms with Gasteiger partial charge in [-0.15, -0.1) is 0 Å². The lowest BCUT2D eigenvalue weighted by Crippen LogP contribution is -2.25. The highest BCUT2D eigenvalue weighted by Crippen LogP contribution is 2.47. The average molecular weight is 406 g/mol. The van der Waals surface area contributed by atoms with Gasteiger partial charge in [0.25, 0.3) is 0 Å². The van der Waals surface area contributed by atoms with Crippen LogP contribution in [0, 0.1) is 6.92 Å². The molecule has 3 aromatic carbocycles. The summed E-state index contributed by atoms with van der Waals surface area (Å²) in [4.78, 5) is 13.4. The average Bonchev–Trinajstić information content (AvgIpc) is 3.13. The molecule has 0 saturated carbocycles. The third-order valence-electron chi connectivity index (χ3n) is 5.87. The van der Waals surface area contributed by atoms with Crippen LogP contribution in [0.25, 0.3) is 11.1 Å². The van der Waals surface area contributed by atoms with Crippen LogP contribution in [0.1, 0.15) is 27.8 Å². The van der Waals surface area contributed by atoms with Crippen LogP contribution < -0.4 is 10.5 Å². The van der Waals surface area contributed by atoms with Crippen molar-refractivity contribution in [2.75, 3.05) is 7.11 Å². The summed E-state index contributed by atoms with van der Waals surface area (Å²) < 4.78 is 5.49. The summed E-state index contributed by atoms with van der Waals surface area (Å²) in [5, 5.41) is 0. The van der Waals surface area contributed by atoms with Crippen LogP contribution in [0.5, 0.6) is 5.75 Å². The number of aromatic nitrogens is 2. The topological polar surface area (TPSA) is 73.4 Å². The third-order valence-corrected chi connectivity index (χ3v) is 5.87. The van der Waals surface area contributed by atoms with Crippen LogP contribution in [0.4, 0.5) is 0 Å². The summed E-state index contributed by atoms with van der Waals surface area (Å²) in [6.45, 7) is 2.04. The summed E-state index contributed by atoms with van der Waals surface area (Å²) in [5.74, 6) is 1.38. The Kier molecular flexibility index (Phi) is 4.51. The van der Waals surface area contributed by atoms with E-state index in [1.165, 1.54) is 6.33 Å². The van der Waals surface area contributed by atoms with Gasteiger partial charge in [-0.05, 0) is 52.9 Å². The molecule has 5 nitrogen and oxygen atoms in total. The minimum Gasteiger partial charge on any atom is -0.496 e. The van der Waals surface area contributed by atoms with Gasteiger partial charge in [-0.3, -0.25) is 0 Å². The molecule has 1 aliphatic rings. The van der Waals surface area contributed by atoms with Gasteiger partial charge in [-0.2, -0.15) is 0 Å². The molecule has 1 aliphatic heterocycles. The molecular formula is C26H22N4O. The molecule has 0 aliphatic carbocycles. The van der Waals surface area contributed by atoms with Crippen molar-refractivity contribution < 1.29 is 4.74 Å². The molecule has 1 atom stereocenters. The van der Waals surface area contributed by atoms with Crippen molar-refractivity contribution in [3.8, 4) is 16.9 Å². The van der Waals surface area contributed by atoms with E-state index in [2.05, 4.69) is 46.4 Å². The van der Waals surface area contributed by atoms with Crippen molar-refractivity contribution in [2.45, 2.75) is 12.5 Å². The smallest absolute Gasteiger partial charge is 0.139 e. The van der Waals surface area contributed by atoms with Gasteiger partial charge >= 0.3 is 0 Å². The maximum Gasteiger partial charge on any atom is 0.139 e. The molecule has 0 radical (unpaired) electrons. The van der Waals surface area contributed by atoms with Crippen LogP contribution in [0.2, 0.25) is 0 Å². The van der Waals surface area contributed by atoms with E-state index in [1.807, 2.05) is 49.6 Å². The lowest BCUT2D eigenvalue weighted by Gasteiger charge is -2.30. The Morgan fingerprint density at radius 1 is 0.839 bits per heavy atom. The Labute approximate surface area is 181 Å². The minimum absolute atomic E-state index is 0.539. The molecule has 5 rings (SSSR count). The molecule has 2 heterocycles. The van der Waals surface area contributed by atoms with E-state index in [-0.39, 0.29) is 0 Å². The molecule has 4 aromatic rings. The van der Waals surface area contributed by atoms with Gasteiger partial charge in [0.1, 0.15) is 23.5 Å². The number of nitrogens with zero attached hydrogens (tertiary/aromatic N) is 3. The van der Waals surface area contributed by atoms with Gasteiger partial charge in [0, 0.05) is 23.5 Å². The zero-order chi connectivity index (χ0) is 21.4. The van der Waals surface area contributed by atoms with Gasteiger partial charge in [0.15, 0.2) is 0 Å². The van der Waals surface area contributed by atoms with Gasteiger partial charge in [0.05, 0.1) is 7.11 Å². The van der Waals surface area contributed by atoms with Crippen LogP contribution in [-0.2, 0) is 5.54 Å². The van der Waals surface area contributed by atoms with Crippen LogP contribution in [-0.4, -0.2) is 22.9 Å². The predicted octanol–water partition coefficient (Wildman–Crippen LogP) is 4.47. The number of aryl methyl sites for hydroxylation is 1. The molecule has 0 bridgehead atoms. The summed E-state index contributed by atoms with van der Waals surface area (Å²) in [7, 11) is 1.68. The predicted molar refractivity (Wildman–Crippen MR) is 122 cm³/mol. The van der Waals surface area contributed by atoms with Crippen molar-refractivity contribution in [3.63, 3.8) is 0 Å². The van der Waals surface area contributed by atoms with E-state index in [4.69, 9.17) is 15.5 Å². The lowest BCUT2D eigenvalue weighted by molar-refractivity contribution is 0.411. The largest absolute Gasteiger partial charge is 0.496 e. The standard InChI is InChI=1S/C26H22N4O/c1-17-12-21(10-11-24(17)31-2)26(23-9-4-3-8-22(23)25(27)30-26)20-7-5-6-18(13-20)19-14-28-16-29-15-19/h3-16H,1-2H3,(H2,27,30). The Hall–Kier alpha value is -3.99. The van der Waals surface area contributed by atoms with Crippen LogP contribution >= 0.6 is 0 Å². The van der Waals surface area contributed by atoms with Crippen molar-refractivity contribution in [3.05, 3.63) is 113 Å². The van der Waals surface area contributed by atoms with Gasteiger partial charge in [0.2, 0.25) is 0 Å². The number of hydrogen-bond donors (Lipinski definition) is 1. The van der Waals surface area contributed by atoms with E-state index in [1.54, 1.807) is 7.11 Å². The summed E-state index contributed by atoms with van der Waals surface area (Å²) in [5.41, 5.74) is 12.8. The highest BCUT2D eigenvalue weighted by molar-refractivity contribution is 6.03. The first-order valence-electron chi connectivity index (χ1n) is 10.1. The van der Waals surface area contributed by atoms with Crippen molar-refractivity contribution >= 4 is 5.84 Å². The van der Waals surface area contributed by atoms with E-state index in [0.29, 0.717) is 5.84 Å². The summed E-state index contributed by atoms with van der Waals surface area (Å²) >= 11 is 0. The summed E-state index contributed by atoms with van der Waals surface area (Å²) in [6, 6.07) is 22.7. The second-order valence-electron chi connectivity index (χ2n) is 7.65. The fourth-order valence-electron chi connectivity index (χ4n) is 4.41. The maximum absolute atomic E-state index is 6.45. The SMILES string of the molecule is COc1ccc(C2(c3cccc(-c4cncnc4)c3)N=C(N)c3ccccc32)cc1C. The highest BCUT2D eigenvalue weighted by Gasteiger charge is 2.43. The fourth-order valence-corrected chi connectivity index (χ4v) is 4.41. The van der Waals surface area contributed by atoms with Gasteiger partial charge < -0.3 is 10.5 Å². The number of benzene rings is 3. The highest BCUT2D eigenvalue weighted by atomic mass is 16.5. The van der Waals surface area contributed by atoms with Crippen molar-refractivity contribution in [1.29, 1.82) is 0 Å². The van der Waals surface area contributed by atoms with E-state index < -0.39 is 5.54 Å². The Balaban J connectivity index is 1.79. The molecule has 0 saturated heterocycles. The molecule has 152 valence electrons. The van der Waals surface area contributed by atoms with Crippen LogP contribution in [0.3, 0.4) is 0 Å². The first-order valence-corrected chi connectivity index (χ1v) is 10.1. The molecule has 0 fully saturated rings. The molecule has 31 heavy (non-hydrogen) atoms. The van der Waals surface area contributed by atoms with Crippen LogP contribution in [0.15, 0.2) is 90.4 Å². The molecular weight excluding hydrogens is 384 g/mol. The fraction of sp³-hybridized carbons (Fsp3) is 0.115. The first-order chi connectivity index (χ1) is 15.1. The molecule has 5 heteroatoms. The van der Waals surface area contributed by atoms with E-state index >= 15 is 0 Å². The molecule has 1 unspecified atom stereocenters. The van der Waals surface area contributed by atoms with E-state index in [0.717, 1.165) is 44.7 Å². The second kappa shape index (κ2) is 7.36. The molecule has 2 N–H and O–H groups in total. The summed E-state index contributed by atoms with van der Waals surface area (Å²) in [6.07, 6.45) is 5.17. The second-order valence-corrected chi connectivity index (χ2v) is 7.65. The maximum atomic E-state index is 6.45. The van der Waals surface area contributed by atoms with E-state index in [9.17, 15) is 0 Å². The quantitative estimate of drug-likeness (QED) is 0.543. The Morgan fingerprint density at radius 3 is 2.39 bits per heavy atom. The lowest BCUT2D eigenvalue weighted by atomic mass is 9.76. The Bertz CT molecular complexity index is 1300. The number of fused-ring (bicyclic) bond motifs is 1. The molecule has 1 aromatic heterocycles. The molecule has 0 amide bonds. The van der Waals surface area contributed by atoms with Gasteiger partial charge in [-0.1, -0.05) is 48.5 Å². The number of amidine groups is 1. The third kappa shape index (κ3) is 2.97. The first kappa shape index (κ1) is 19.0. The van der Waals surface area contributed by atoms with Crippen molar-refractivity contribution in [2.24, 2.45) is 10.7 Å². The number of nitrogens with two attached hydrogens (primary N) is 1. The normalized spacial score (nSPS) is 17.2. The van der Waals surface area contributed by atoms with Crippen molar-refractivity contribution in [1.82, 2.24) is 9.97 Å². The number of rotatable bonds is 4. The number of hydrogen-bond acceptors (Lipinski definition) is 5. The zero-order valence-electron chi connectivity index (χ0n) is 17.4. The number of aliphatic imine (C=N–C) groups is 1. The monoisotopic (exact) mass is 406 g/mol. The Morgan fingerprint density at radius 2 is 1.61 bits per heavy atom. The number of methoxy groups -OCH3 is 1.